The summed E-state index contributed by atoms with van der Waals surface area (Å²) in [4.78, 5) is 19.1. The Morgan fingerprint density at radius 1 is 1.30 bits per heavy atom. The summed E-state index contributed by atoms with van der Waals surface area (Å²) in [5.74, 6) is 0.363. The first-order chi connectivity index (χ1) is 11.3. The van der Waals surface area contributed by atoms with Gasteiger partial charge in [-0.1, -0.05) is 17.6 Å². The molecule has 0 radical (unpaired) electrons. The molecule has 0 aliphatic carbocycles. The first kappa shape index (κ1) is 15.7. The number of likely N-dealkylation sites (tertiary alicyclic amines) is 1. The van der Waals surface area contributed by atoms with Gasteiger partial charge in [0.2, 0.25) is 0 Å². The van der Waals surface area contributed by atoms with E-state index in [4.69, 9.17) is 4.52 Å². The van der Waals surface area contributed by atoms with E-state index in [1.165, 1.54) is 19.3 Å². The minimum Gasteiger partial charge on any atom is -0.360 e. The third-order valence-corrected chi connectivity index (χ3v) is 4.16. The quantitative estimate of drug-likeness (QED) is 0.916. The van der Waals surface area contributed by atoms with Crippen LogP contribution in [0, 0.1) is 6.92 Å². The number of rotatable bonds is 5. The molecular formula is C17H22N4O2. The van der Waals surface area contributed by atoms with Crippen LogP contribution < -0.4 is 5.32 Å². The van der Waals surface area contributed by atoms with Crippen LogP contribution in [-0.2, 0) is 0 Å². The Bertz CT molecular complexity index is 648. The van der Waals surface area contributed by atoms with Gasteiger partial charge in [0, 0.05) is 19.3 Å². The molecule has 3 rings (SSSR count). The second-order valence-electron chi connectivity index (χ2n) is 5.84. The van der Waals surface area contributed by atoms with Gasteiger partial charge in [-0.3, -0.25) is 9.78 Å². The van der Waals surface area contributed by atoms with Crippen molar-refractivity contribution >= 4 is 5.91 Å². The van der Waals surface area contributed by atoms with E-state index in [2.05, 4.69) is 20.4 Å². The maximum atomic E-state index is 12.5. The number of nitrogens with zero attached hydrogens (tertiary/aromatic N) is 3. The molecule has 0 unspecified atom stereocenters. The van der Waals surface area contributed by atoms with Crippen molar-refractivity contribution in [3.8, 4) is 11.4 Å². The predicted molar refractivity (Wildman–Crippen MR) is 87.1 cm³/mol. The maximum Gasteiger partial charge on any atom is 0.257 e. The molecule has 2 aromatic rings. The maximum absolute atomic E-state index is 12.5. The average Bonchev–Trinajstić information content (AvgIpc) is 2.98. The van der Waals surface area contributed by atoms with Crippen molar-refractivity contribution in [3.05, 3.63) is 35.7 Å². The first-order valence-electron chi connectivity index (χ1n) is 8.14. The largest absolute Gasteiger partial charge is 0.360 e. The van der Waals surface area contributed by atoms with Crippen LogP contribution in [0.4, 0.5) is 0 Å². The second-order valence-corrected chi connectivity index (χ2v) is 5.84. The fourth-order valence-corrected chi connectivity index (χ4v) is 2.92. The normalized spacial score (nSPS) is 15.5. The summed E-state index contributed by atoms with van der Waals surface area (Å²) < 4.78 is 5.21. The van der Waals surface area contributed by atoms with E-state index in [1.54, 1.807) is 13.1 Å². The summed E-state index contributed by atoms with van der Waals surface area (Å²) in [6, 6.07) is 5.51. The third kappa shape index (κ3) is 3.76. The number of carbonyl (C=O) groups excluding carboxylic acids is 1. The van der Waals surface area contributed by atoms with E-state index in [0.717, 1.165) is 19.6 Å². The van der Waals surface area contributed by atoms with Gasteiger partial charge in [0.1, 0.15) is 17.0 Å². The van der Waals surface area contributed by atoms with Crippen molar-refractivity contribution in [1.82, 2.24) is 20.4 Å². The lowest BCUT2D eigenvalue weighted by molar-refractivity contribution is 0.0945. The molecule has 3 heterocycles. The van der Waals surface area contributed by atoms with E-state index in [1.807, 2.05) is 18.2 Å². The van der Waals surface area contributed by atoms with Crippen molar-refractivity contribution in [2.24, 2.45) is 0 Å². The van der Waals surface area contributed by atoms with Crippen LogP contribution in [0.25, 0.3) is 11.4 Å². The van der Waals surface area contributed by atoms with Crippen LogP contribution in [0.2, 0.25) is 0 Å². The monoisotopic (exact) mass is 314 g/mol. The van der Waals surface area contributed by atoms with Crippen molar-refractivity contribution in [2.45, 2.75) is 26.2 Å². The number of pyridine rings is 1. The summed E-state index contributed by atoms with van der Waals surface area (Å²) >= 11 is 0. The number of hydrogen-bond donors (Lipinski definition) is 1. The zero-order valence-electron chi connectivity index (χ0n) is 13.4. The lowest BCUT2D eigenvalue weighted by atomic mass is 10.1. The molecule has 1 aliphatic rings. The summed E-state index contributed by atoms with van der Waals surface area (Å²) in [7, 11) is 0. The SMILES string of the molecule is Cc1onc(-c2ccccn2)c1C(=O)NCCN1CCCCC1. The predicted octanol–water partition coefficient (Wildman–Crippen LogP) is 2.26. The molecular weight excluding hydrogens is 292 g/mol. The Balaban J connectivity index is 1.64. The summed E-state index contributed by atoms with van der Waals surface area (Å²) in [5.41, 5.74) is 1.62. The fraction of sp³-hybridized carbons (Fsp3) is 0.471. The molecule has 6 nitrogen and oxygen atoms in total. The highest BCUT2D eigenvalue weighted by atomic mass is 16.5. The standard InChI is InChI=1S/C17H22N4O2/c1-13-15(16(20-23-13)14-7-3-4-8-18-14)17(22)19-9-12-21-10-5-2-6-11-21/h3-4,7-8H,2,5-6,9-12H2,1H3,(H,19,22). The summed E-state index contributed by atoms with van der Waals surface area (Å²) in [6.45, 7) is 5.52. The van der Waals surface area contributed by atoms with Crippen LogP contribution in [0.1, 0.15) is 35.4 Å². The summed E-state index contributed by atoms with van der Waals surface area (Å²) in [5, 5.41) is 6.97. The van der Waals surface area contributed by atoms with Gasteiger partial charge >= 0.3 is 0 Å². The van der Waals surface area contributed by atoms with Crippen LogP contribution >= 0.6 is 0 Å². The topological polar surface area (TPSA) is 71.3 Å². The van der Waals surface area contributed by atoms with Gasteiger partial charge < -0.3 is 14.7 Å². The van der Waals surface area contributed by atoms with Crippen LogP contribution in [-0.4, -0.2) is 47.1 Å². The zero-order valence-corrected chi connectivity index (χ0v) is 13.4. The Morgan fingerprint density at radius 3 is 2.87 bits per heavy atom. The van der Waals surface area contributed by atoms with Crippen LogP contribution in [0.3, 0.4) is 0 Å². The number of nitrogens with one attached hydrogen (secondary N) is 1. The van der Waals surface area contributed by atoms with Gasteiger partial charge in [0.15, 0.2) is 0 Å². The lowest BCUT2D eigenvalue weighted by Crippen LogP contribution is -2.37. The van der Waals surface area contributed by atoms with Crippen LogP contribution in [0.15, 0.2) is 28.9 Å². The van der Waals surface area contributed by atoms with E-state index in [9.17, 15) is 4.79 Å². The Hall–Kier alpha value is -2.21. The van der Waals surface area contributed by atoms with Gasteiger partial charge in [-0.25, -0.2) is 0 Å². The Morgan fingerprint density at radius 2 is 2.13 bits per heavy atom. The zero-order chi connectivity index (χ0) is 16.1. The van der Waals surface area contributed by atoms with E-state index >= 15 is 0 Å². The average molecular weight is 314 g/mol. The molecule has 0 spiro atoms. The van der Waals surface area contributed by atoms with Gasteiger partial charge in [-0.2, -0.15) is 0 Å². The Kier molecular flexibility index (Phi) is 5.02. The lowest BCUT2D eigenvalue weighted by Gasteiger charge is -2.26. The highest BCUT2D eigenvalue weighted by Gasteiger charge is 2.22. The molecule has 1 N–H and O–H groups in total. The van der Waals surface area contributed by atoms with Crippen molar-refractivity contribution in [1.29, 1.82) is 0 Å². The number of piperidine rings is 1. The molecule has 0 saturated carbocycles. The highest BCUT2D eigenvalue weighted by molar-refractivity contribution is 6.00. The molecule has 0 aromatic carbocycles. The smallest absolute Gasteiger partial charge is 0.257 e. The highest BCUT2D eigenvalue weighted by Crippen LogP contribution is 2.23. The molecule has 0 atom stereocenters. The number of aryl methyl sites for hydroxylation is 1. The first-order valence-corrected chi connectivity index (χ1v) is 8.14. The summed E-state index contributed by atoms with van der Waals surface area (Å²) in [6.07, 6.45) is 5.50. The fourth-order valence-electron chi connectivity index (χ4n) is 2.92. The molecule has 1 aliphatic heterocycles. The molecule has 23 heavy (non-hydrogen) atoms. The van der Waals surface area contributed by atoms with Gasteiger partial charge in [-0.15, -0.1) is 0 Å². The number of hydrogen-bond acceptors (Lipinski definition) is 5. The van der Waals surface area contributed by atoms with Gasteiger partial charge in [0.25, 0.3) is 5.91 Å². The molecule has 1 saturated heterocycles. The number of carbonyl (C=O) groups is 1. The molecule has 6 heteroatoms. The molecule has 0 bridgehead atoms. The van der Waals surface area contributed by atoms with Crippen molar-refractivity contribution in [3.63, 3.8) is 0 Å². The van der Waals surface area contributed by atoms with E-state index < -0.39 is 0 Å². The van der Waals surface area contributed by atoms with Crippen molar-refractivity contribution in [2.75, 3.05) is 26.2 Å². The molecule has 1 fully saturated rings. The molecule has 1 amide bonds. The minimum atomic E-state index is -0.151. The van der Waals surface area contributed by atoms with E-state index in [0.29, 0.717) is 29.3 Å². The number of aromatic nitrogens is 2. The molecule has 122 valence electrons. The van der Waals surface area contributed by atoms with Gasteiger partial charge in [-0.05, 0) is 45.0 Å². The third-order valence-electron chi connectivity index (χ3n) is 4.16. The number of amides is 1. The minimum absolute atomic E-state index is 0.151. The molecule has 2 aromatic heterocycles. The van der Waals surface area contributed by atoms with Crippen LogP contribution in [0.5, 0.6) is 0 Å². The Labute approximate surface area is 135 Å². The van der Waals surface area contributed by atoms with E-state index in [-0.39, 0.29) is 5.91 Å². The second kappa shape index (κ2) is 7.37. The van der Waals surface area contributed by atoms with Crippen molar-refractivity contribution < 1.29 is 9.32 Å². The van der Waals surface area contributed by atoms with Gasteiger partial charge in [0.05, 0.1) is 5.69 Å².